The highest BCUT2D eigenvalue weighted by atomic mass is 16.5. The van der Waals surface area contributed by atoms with Gasteiger partial charge in [-0.1, -0.05) is 6.07 Å². The van der Waals surface area contributed by atoms with E-state index >= 15 is 0 Å². The minimum Gasteiger partial charge on any atom is -0.461 e. The number of hydrogen-bond donors (Lipinski definition) is 0. The molecule has 0 spiro atoms. The molecule has 1 fully saturated rings. The van der Waals surface area contributed by atoms with Gasteiger partial charge in [-0.15, -0.1) is 0 Å². The van der Waals surface area contributed by atoms with Crippen LogP contribution in [0.15, 0.2) is 24.4 Å². The number of esters is 1. The Hall–Kier alpha value is -2.37. The number of fused-ring (bicyclic) bond motifs is 1. The van der Waals surface area contributed by atoms with Crippen LogP contribution in [0.1, 0.15) is 29.7 Å². The van der Waals surface area contributed by atoms with Crippen LogP contribution in [0, 0.1) is 12.8 Å². The molecule has 6 heteroatoms. The number of imidazole rings is 1. The Balaban J connectivity index is 1.68. The highest BCUT2D eigenvalue weighted by Gasteiger charge is 2.29. The minimum atomic E-state index is -0.431. The number of amides is 1. The molecule has 1 atom stereocenters. The Morgan fingerprint density at radius 1 is 1.45 bits per heavy atom. The van der Waals surface area contributed by atoms with Crippen molar-refractivity contribution in [3.05, 3.63) is 35.9 Å². The molecule has 1 aliphatic rings. The van der Waals surface area contributed by atoms with Gasteiger partial charge in [-0.05, 0) is 26.0 Å². The molecule has 116 valence electrons. The highest BCUT2D eigenvalue weighted by molar-refractivity contribution is 5.95. The summed E-state index contributed by atoms with van der Waals surface area (Å²) in [7, 11) is 0. The van der Waals surface area contributed by atoms with E-state index in [4.69, 9.17) is 4.74 Å². The molecule has 6 nitrogen and oxygen atoms in total. The van der Waals surface area contributed by atoms with Crippen LogP contribution in [0.3, 0.4) is 0 Å². The van der Waals surface area contributed by atoms with Gasteiger partial charge < -0.3 is 14.0 Å². The van der Waals surface area contributed by atoms with Crippen molar-refractivity contribution < 1.29 is 14.3 Å². The first-order valence-corrected chi connectivity index (χ1v) is 7.48. The number of hydrogen-bond acceptors (Lipinski definition) is 4. The fourth-order valence-corrected chi connectivity index (χ4v) is 2.87. The number of aryl methyl sites for hydroxylation is 1. The van der Waals surface area contributed by atoms with Gasteiger partial charge in [0.25, 0.3) is 0 Å². The predicted molar refractivity (Wildman–Crippen MR) is 80.6 cm³/mol. The second kappa shape index (κ2) is 5.79. The van der Waals surface area contributed by atoms with Crippen LogP contribution in [0.4, 0.5) is 0 Å². The zero-order valence-corrected chi connectivity index (χ0v) is 12.8. The van der Waals surface area contributed by atoms with Gasteiger partial charge in [0.05, 0.1) is 12.1 Å². The van der Waals surface area contributed by atoms with Crippen molar-refractivity contribution in [2.45, 2.75) is 20.3 Å². The Morgan fingerprint density at radius 3 is 3.00 bits per heavy atom. The monoisotopic (exact) mass is 301 g/mol. The van der Waals surface area contributed by atoms with Crippen LogP contribution < -0.4 is 0 Å². The van der Waals surface area contributed by atoms with Gasteiger partial charge in [0, 0.05) is 31.6 Å². The first-order valence-electron chi connectivity index (χ1n) is 7.48. The van der Waals surface area contributed by atoms with Crippen molar-refractivity contribution in [2.24, 2.45) is 5.92 Å². The normalized spacial score (nSPS) is 18.2. The number of carbonyl (C=O) groups excluding carboxylic acids is 2. The lowest BCUT2D eigenvalue weighted by Gasteiger charge is -2.13. The average Bonchev–Trinajstić information content (AvgIpc) is 3.06. The summed E-state index contributed by atoms with van der Waals surface area (Å²) in [5.74, 6) is 0.521. The molecule has 1 aliphatic heterocycles. The SMILES string of the molecule is CCN1C[C@@H](COC(=O)c2nc(C)n3ccccc23)CC1=O. The fourth-order valence-electron chi connectivity index (χ4n) is 2.87. The van der Waals surface area contributed by atoms with Crippen molar-refractivity contribution in [3.8, 4) is 0 Å². The molecule has 0 unspecified atom stereocenters. The zero-order valence-electron chi connectivity index (χ0n) is 12.8. The average molecular weight is 301 g/mol. The minimum absolute atomic E-state index is 0.0753. The van der Waals surface area contributed by atoms with Gasteiger partial charge in [-0.2, -0.15) is 0 Å². The molecule has 0 radical (unpaired) electrons. The third kappa shape index (κ3) is 2.56. The van der Waals surface area contributed by atoms with E-state index in [0.717, 1.165) is 11.3 Å². The molecule has 22 heavy (non-hydrogen) atoms. The van der Waals surface area contributed by atoms with Crippen LogP contribution in [0.5, 0.6) is 0 Å². The van der Waals surface area contributed by atoms with E-state index in [1.54, 1.807) is 4.90 Å². The summed E-state index contributed by atoms with van der Waals surface area (Å²) in [5, 5.41) is 0. The van der Waals surface area contributed by atoms with Gasteiger partial charge in [0.2, 0.25) is 5.91 Å². The lowest BCUT2D eigenvalue weighted by Crippen LogP contribution is -2.25. The number of carbonyl (C=O) groups is 2. The van der Waals surface area contributed by atoms with Gasteiger partial charge >= 0.3 is 5.97 Å². The number of rotatable bonds is 4. The summed E-state index contributed by atoms with van der Waals surface area (Å²) >= 11 is 0. The summed E-state index contributed by atoms with van der Waals surface area (Å²) in [4.78, 5) is 30.0. The van der Waals surface area contributed by atoms with Gasteiger partial charge in [-0.3, -0.25) is 4.79 Å². The third-order valence-corrected chi connectivity index (χ3v) is 4.04. The number of aromatic nitrogens is 2. The number of ether oxygens (including phenoxy) is 1. The fraction of sp³-hybridized carbons (Fsp3) is 0.438. The molecule has 1 amide bonds. The van der Waals surface area contributed by atoms with Gasteiger partial charge in [0.1, 0.15) is 5.82 Å². The second-order valence-corrected chi connectivity index (χ2v) is 5.56. The maximum absolute atomic E-state index is 12.3. The van der Waals surface area contributed by atoms with Crippen LogP contribution in [-0.2, 0) is 9.53 Å². The lowest BCUT2D eigenvalue weighted by atomic mass is 10.1. The van der Waals surface area contributed by atoms with Gasteiger partial charge in [0.15, 0.2) is 5.69 Å². The quantitative estimate of drug-likeness (QED) is 0.806. The summed E-state index contributed by atoms with van der Waals surface area (Å²) in [5.41, 5.74) is 1.07. The third-order valence-electron chi connectivity index (χ3n) is 4.04. The molecular weight excluding hydrogens is 282 g/mol. The van der Waals surface area contributed by atoms with Crippen LogP contribution in [0.25, 0.3) is 5.52 Å². The number of likely N-dealkylation sites (tertiary alicyclic amines) is 1. The molecule has 3 heterocycles. The molecule has 3 rings (SSSR count). The largest absolute Gasteiger partial charge is 0.461 e. The van der Waals surface area contributed by atoms with E-state index in [-0.39, 0.29) is 18.4 Å². The van der Waals surface area contributed by atoms with E-state index in [1.165, 1.54) is 0 Å². The first kappa shape index (κ1) is 14.6. The molecule has 0 saturated carbocycles. The summed E-state index contributed by atoms with van der Waals surface area (Å²) in [6.07, 6.45) is 2.31. The van der Waals surface area contributed by atoms with Crippen molar-refractivity contribution in [1.29, 1.82) is 0 Å². The Bertz CT molecular complexity index is 722. The Kier molecular flexibility index (Phi) is 3.83. The topological polar surface area (TPSA) is 63.9 Å². The first-order chi connectivity index (χ1) is 10.6. The summed E-state index contributed by atoms with van der Waals surface area (Å²) in [6, 6.07) is 5.59. The smallest absolute Gasteiger partial charge is 0.359 e. The molecule has 2 aromatic heterocycles. The second-order valence-electron chi connectivity index (χ2n) is 5.56. The summed E-state index contributed by atoms with van der Waals surface area (Å²) in [6.45, 7) is 5.41. The van der Waals surface area contributed by atoms with Crippen molar-refractivity contribution in [1.82, 2.24) is 14.3 Å². The molecule has 1 saturated heterocycles. The van der Waals surface area contributed by atoms with Crippen LogP contribution in [-0.4, -0.2) is 45.9 Å². The van der Waals surface area contributed by atoms with Crippen LogP contribution in [0.2, 0.25) is 0 Å². The van der Waals surface area contributed by atoms with E-state index in [9.17, 15) is 9.59 Å². The van der Waals surface area contributed by atoms with Crippen molar-refractivity contribution in [2.75, 3.05) is 19.7 Å². The predicted octanol–water partition coefficient (Wildman–Crippen LogP) is 1.67. The van der Waals surface area contributed by atoms with E-state index in [2.05, 4.69) is 4.98 Å². The maximum atomic E-state index is 12.3. The Morgan fingerprint density at radius 2 is 2.27 bits per heavy atom. The molecule has 0 bridgehead atoms. The van der Waals surface area contributed by atoms with E-state index in [1.807, 2.05) is 42.6 Å². The highest BCUT2D eigenvalue weighted by Crippen LogP contribution is 2.19. The lowest BCUT2D eigenvalue weighted by molar-refractivity contribution is -0.127. The van der Waals surface area contributed by atoms with Crippen LogP contribution >= 0.6 is 0 Å². The standard InChI is InChI=1S/C16H19N3O3/c1-3-18-9-12(8-14(18)20)10-22-16(21)15-13-6-4-5-7-19(13)11(2)17-15/h4-7,12H,3,8-10H2,1-2H3/t12-/m0/s1. The molecular formula is C16H19N3O3. The van der Waals surface area contributed by atoms with E-state index in [0.29, 0.717) is 25.2 Å². The van der Waals surface area contributed by atoms with Gasteiger partial charge in [-0.25, -0.2) is 9.78 Å². The Labute approximate surface area is 128 Å². The van der Waals surface area contributed by atoms with Crippen molar-refractivity contribution >= 4 is 17.4 Å². The maximum Gasteiger partial charge on any atom is 0.359 e. The molecule has 2 aromatic rings. The number of nitrogens with zero attached hydrogens (tertiary/aromatic N) is 3. The summed E-state index contributed by atoms with van der Waals surface area (Å²) < 4.78 is 7.24. The molecule has 0 aromatic carbocycles. The van der Waals surface area contributed by atoms with E-state index < -0.39 is 5.97 Å². The zero-order chi connectivity index (χ0) is 15.7. The van der Waals surface area contributed by atoms with Crippen molar-refractivity contribution in [3.63, 3.8) is 0 Å². The number of pyridine rings is 1. The molecule has 0 aliphatic carbocycles. The molecule has 0 N–H and O–H groups in total.